The minimum absolute atomic E-state index is 0.890. The van der Waals surface area contributed by atoms with E-state index in [9.17, 15) is 0 Å². The SMILES string of the molecule is [CH2]C#CCI. The van der Waals surface area contributed by atoms with Crippen molar-refractivity contribution in [2.75, 3.05) is 4.43 Å². The van der Waals surface area contributed by atoms with Crippen molar-refractivity contribution in [1.29, 1.82) is 0 Å². The summed E-state index contributed by atoms with van der Waals surface area (Å²) in [5, 5.41) is 0. The van der Waals surface area contributed by atoms with Gasteiger partial charge in [0, 0.05) is 6.92 Å². The van der Waals surface area contributed by atoms with E-state index in [4.69, 9.17) is 0 Å². The number of hydrogen-bond donors (Lipinski definition) is 0. The summed E-state index contributed by atoms with van der Waals surface area (Å²) in [7, 11) is 0. The standard InChI is InChI=1S/C4H4I/c1-2-3-4-5/h1,4H2. The molecule has 0 N–H and O–H groups in total. The van der Waals surface area contributed by atoms with Gasteiger partial charge >= 0.3 is 0 Å². The van der Waals surface area contributed by atoms with Crippen LogP contribution in [-0.2, 0) is 0 Å². The van der Waals surface area contributed by atoms with E-state index < -0.39 is 0 Å². The van der Waals surface area contributed by atoms with Crippen LogP contribution in [0.4, 0.5) is 0 Å². The van der Waals surface area contributed by atoms with Crippen LogP contribution in [0.15, 0.2) is 0 Å². The van der Waals surface area contributed by atoms with E-state index in [1.165, 1.54) is 0 Å². The third-order valence-corrected chi connectivity index (χ3v) is 0.573. The minimum Gasteiger partial charge on any atom is -0.102 e. The Hall–Kier alpha value is 0.290. The molecule has 0 rings (SSSR count). The molecule has 0 fully saturated rings. The molecule has 0 aliphatic carbocycles. The second kappa shape index (κ2) is 4.29. The van der Waals surface area contributed by atoms with Gasteiger partial charge in [0.1, 0.15) is 0 Å². The van der Waals surface area contributed by atoms with Crippen molar-refractivity contribution in [3.05, 3.63) is 6.92 Å². The van der Waals surface area contributed by atoms with Gasteiger partial charge in [-0.25, -0.2) is 0 Å². The van der Waals surface area contributed by atoms with Gasteiger partial charge in [-0.3, -0.25) is 0 Å². The zero-order valence-corrected chi connectivity index (χ0v) is 4.95. The lowest BCUT2D eigenvalue weighted by Gasteiger charge is -1.56. The number of alkyl halides is 1. The number of rotatable bonds is 0. The van der Waals surface area contributed by atoms with Gasteiger partial charge in [-0.1, -0.05) is 28.5 Å². The molecule has 1 radical (unpaired) electrons. The molecular formula is C4H4I. The highest BCUT2D eigenvalue weighted by molar-refractivity contribution is 14.1. The largest absolute Gasteiger partial charge is 0.102 e. The highest BCUT2D eigenvalue weighted by Gasteiger charge is 1.51. The lowest BCUT2D eigenvalue weighted by Crippen LogP contribution is -1.51. The van der Waals surface area contributed by atoms with Crippen LogP contribution in [0.3, 0.4) is 0 Å². The van der Waals surface area contributed by atoms with Crippen LogP contribution < -0.4 is 0 Å². The molecule has 0 aliphatic heterocycles. The third kappa shape index (κ3) is 4.29. The molecule has 0 atom stereocenters. The maximum absolute atomic E-state index is 3.31. The second-order valence-electron chi connectivity index (χ2n) is 0.487. The molecule has 0 spiro atoms. The highest BCUT2D eigenvalue weighted by Crippen LogP contribution is 1.72. The second-order valence-corrected chi connectivity index (χ2v) is 1.25. The van der Waals surface area contributed by atoms with Crippen molar-refractivity contribution < 1.29 is 0 Å². The smallest absolute Gasteiger partial charge is 0.0609 e. The molecule has 0 aromatic heterocycles. The molecule has 0 amide bonds. The molecule has 0 nitrogen and oxygen atoms in total. The van der Waals surface area contributed by atoms with Crippen LogP contribution >= 0.6 is 22.6 Å². The Morgan fingerprint density at radius 3 is 2.40 bits per heavy atom. The Morgan fingerprint density at radius 2 is 2.40 bits per heavy atom. The van der Waals surface area contributed by atoms with Crippen molar-refractivity contribution in [2.24, 2.45) is 0 Å². The van der Waals surface area contributed by atoms with E-state index in [1.807, 2.05) is 0 Å². The third-order valence-electron chi connectivity index (χ3n) is 0.192. The topological polar surface area (TPSA) is 0 Å². The highest BCUT2D eigenvalue weighted by atomic mass is 127. The molecule has 1 heteroatoms. The summed E-state index contributed by atoms with van der Waals surface area (Å²) in [5.41, 5.74) is 0. The Morgan fingerprint density at radius 1 is 1.80 bits per heavy atom. The van der Waals surface area contributed by atoms with Gasteiger partial charge in [0.05, 0.1) is 4.43 Å². The van der Waals surface area contributed by atoms with Crippen LogP contribution in [0, 0.1) is 18.8 Å². The van der Waals surface area contributed by atoms with Gasteiger partial charge in [0.2, 0.25) is 0 Å². The van der Waals surface area contributed by atoms with Crippen molar-refractivity contribution in [2.45, 2.75) is 0 Å². The predicted octanol–water partition coefficient (Wildman–Crippen LogP) is 1.26. The molecule has 27 valence electrons. The molecule has 0 bridgehead atoms. The zero-order chi connectivity index (χ0) is 4.12. The molecule has 5 heavy (non-hydrogen) atoms. The summed E-state index contributed by atoms with van der Waals surface area (Å²) in [4.78, 5) is 0. The summed E-state index contributed by atoms with van der Waals surface area (Å²) >= 11 is 2.17. The van der Waals surface area contributed by atoms with Gasteiger partial charge < -0.3 is 0 Å². The first-order valence-electron chi connectivity index (χ1n) is 1.22. The van der Waals surface area contributed by atoms with Crippen molar-refractivity contribution in [3.8, 4) is 11.8 Å². The number of hydrogen-bond acceptors (Lipinski definition) is 0. The summed E-state index contributed by atoms with van der Waals surface area (Å²) in [6.07, 6.45) is 0. The first-order valence-corrected chi connectivity index (χ1v) is 2.75. The summed E-state index contributed by atoms with van der Waals surface area (Å²) in [6.45, 7) is 3.31. The summed E-state index contributed by atoms with van der Waals surface area (Å²) < 4.78 is 0.890. The summed E-state index contributed by atoms with van der Waals surface area (Å²) in [6, 6.07) is 0. The van der Waals surface area contributed by atoms with Gasteiger partial charge in [-0.2, -0.15) is 0 Å². The molecule has 0 heterocycles. The van der Waals surface area contributed by atoms with Crippen LogP contribution in [0.5, 0.6) is 0 Å². The van der Waals surface area contributed by atoms with E-state index in [-0.39, 0.29) is 0 Å². The molecule has 0 saturated carbocycles. The minimum atomic E-state index is 0.890. The quantitative estimate of drug-likeness (QED) is 0.298. The maximum atomic E-state index is 3.31. The Labute approximate surface area is 46.1 Å². The van der Waals surface area contributed by atoms with Gasteiger partial charge in [-0.15, -0.1) is 5.92 Å². The van der Waals surface area contributed by atoms with Crippen LogP contribution in [-0.4, -0.2) is 4.43 Å². The van der Waals surface area contributed by atoms with Crippen LogP contribution in [0.25, 0.3) is 0 Å². The van der Waals surface area contributed by atoms with Gasteiger partial charge in [-0.05, 0) is 0 Å². The molecular weight excluding hydrogens is 175 g/mol. The van der Waals surface area contributed by atoms with E-state index in [0.717, 1.165) is 4.43 Å². The molecule has 0 aromatic carbocycles. The average molecular weight is 179 g/mol. The number of halogens is 1. The van der Waals surface area contributed by atoms with Gasteiger partial charge in [0.25, 0.3) is 0 Å². The van der Waals surface area contributed by atoms with E-state index in [1.54, 1.807) is 0 Å². The van der Waals surface area contributed by atoms with Crippen molar-refractivity contribution in [3.63, 3.8) is 0 Å². The van der Waals surface area contributed by atoms with Crippen molar-refractivity contribution >= 4 is 22.6 Å². The van der Waals surface area contributed by atoms with E-state index in [2.05, 4.69) is 41.4 Å². The lowest BCUT2D eigenvalue weighted by atomic mass is 10.7. The first-order chi connectivity index (χ1) is 2.41. The normalized spacial score (nSPS) is 5.20. The molecule has 0 aliphatic rings. The van der Waals surface area contributed by atoms with Crippen LogP contribution in [0.1, 0.15) is 0 Å². The fourth-order valence-electron chi connectivity index (χ4n) is 0.0472. The lowest BCUT2D eigenvalue weighted by molar-refractivity contribution is 2.02. The average Bonchev–Trinajstić information content (AvgIpc) is 1.41. The molecule has 0 aromatic rings. The Kier molecular flexibility index (Phi) is 4.54. The van der Waals surface area contributed by atoms with Crippen molar-refractivity contribution in [1.82, 2.24) is 0 Å². The zero-order valence-electron chi connectivity index (χ0n) is 2.79. The van der Waals surface area contributed by atoms with Crippen LogP contribution in [0.2, 0.25) is 0 Å². The molecule has 0 saturated heterocycles. The fourth-order valence-corrected chi connectivity index (χ4v) is 0.317. The Bertz CT molecular complexity index is 55.8. The first kappa shape index (κ1) is 5.29. The maximum Gasteiger partial charge on any atom is 0.0609 e. The monoisotopic (exact) mass is 179 g/mol. The van der Waals surface area contributed by atoms with Gasteiger partial charge in [0.15, 0.2) is 0 Å². The van der Waals surface area contributed by atoms with E-state index in [0.29, 0.717) is 0 Å². The summed E-state index contributed by atoms with van der Waals surface area (Å²) in [5.74, 6) is 5.25. The van der Waals surface area contributed by atoms with E-state index >= 15 is 0 Å². The fraction of sp³-hybridized carbons (Fsp3) is 0.250. The Balaban J connectivity index is 2.81. The predicted molar refractivity (Wildman–Crippen MR) is 32.0 cm³/mol. The molecule has 0 unspecified atom stereocenters.